The lowest BCUT2D eigenvalue weighted by atomic mass is 10.2. The van der Waals surface area contributed by atoms with Gasteiger partial charge in [-0.15, -0.1) is 10.2 Å². The van der Waals surface area contributed by atoms with Gasteiger partial charge in [0.2, 0.25) is 5.91 Å². The number of carbonyl (C=O) groups is 1. The average Bonchev–Trinajstić information content (AvgIpc) is 2.91. The first-order chi connectivity index (χ1) is 8.13. The molecule has 1 aromatic rings. The Morgan fingerprint density at radius 1 is 1.59 bits per heavy atom. The maximum absolute atomic E-state index is 11.8. The summed E-state index contributed by atoms with van der Waals surface area (Å²) in [7, 11) is 1.76. The molecule has 2 rings (SSSR count). The van der Waals surface area contributed by atoms with Crippen molar-refractivity contribution >= 4 is 5.91 Å². The second-order valence-corrected chi connectivity index (χ2v) is 4.50. The topological polar surface area (TPSA) is 77.0 Å². The Kier molecular flexibility index (Phi) is 3.42. The van der Waals surface area contributed by atoms with Gasteiger partial charge in [-0.2, -0.15) is 0 Å². The van der Waals surface area contributed by atoms with E-state index in [1.54, 1.807) is 11.9 Å². The molecule has 6 heteroatoms. The summed E-state index contributed by atoms with van der Waals surface area (Å²) in [5.74, 6) is 1.85. The van der Waals surface area contributed by atoms with Gasteiger partial charge < -0.3 is 15.2 Å². The summed E-state index contributed by atoms with van der Waals surface area (Å²) in [5, 5.41) is 8.24. The fraction of sp³-hybridized carbons (Fsp3) is 0.727. The zero-order valence-corrected chi connectivity index (χ0v) is 10.4. The molecule has 94 valence electrons. The van der Waals surface area contributed by atoms with E-state index in [1.165, 1.54) is 0 Å². The zero-order chi connectivity index (χ0) is 12.4. The van der Waals surface area contributed by atoms with Crippen molar-refractivity contribution in [1.82, 2.24) is 19.7 Å². The van der Waals surface area contributed by atoms with Gasteiger partial charge in [-0.05, 0) is 12.8 Å². The van der Waals surface area contributed by atoms with E-state index in [9.17, 15) is 4.79 Å². The number of carbonyl (C=O) groups excluding carboxylic acids is 1. The second kappa shape index (κ2) is 4.83. The third-order valence-corrected chi connectivity index (χ3v) is 3.20. The summed E-state index contributed by atoms with van der Waals surface area (Å²) in [4.78, 5) is 13.5. The zero-order valence-electron chi connectivity index (χ0n) is 10.4. The standard InChI is InChI=1S/C11H19N5O/c1-3-8(12)11(17)15(2)7-10-14-13-9-5-4-6-16(9)10/h8H,3-7,12H2,1-2H3/t8-/m0/s1. The van der Waals surface area contributed by atoms with Gasteiger partial charge in [-0.25, -0.2) is 0 Å². The number of hydrogen-bond donors (Lipinski definition) is 1. The summed E-state index contributed by atoms with van der Waals surface area (Å²) in [6, 6.07) is -0.416. The average molecular weight is 237 g/mol. The highest BCUT2D eigenvalue weighted by molar-refractivity contribution is 5.81. The van der Waals surface area contributed by atoms with Crippen molar-refractivity contribution in [2.75, 3.05) is 7.05 Å². The Labute approximate surface area is 101 Å². The Balaban J connectivity index is 2.03. The minimum Gasteiger partial charge on any atom is -0.337 e. The molecule has 6 nitrogen and oxygen atoms in total. The highest BCUT2D eigenvalue weighted by Crippen LogP contribution is 2.15. The smallest absolute Gasteiger partial charge is 0.239 e. The van der Waals surface area contributed by atoms with Crippen LogP contribution in [0.15, 0.2) is 0 Å². The molecule has 0 saturated carbocycles. The molecule has 2 heterocycles. The van der Waals surface area contributed by atoms with Crippen LogP contribution in [0, 0.1) is 0 Å². The predicted octanol–water partition coefficient (Wildman–Crippen LogP) is -0.0800. The molecule has 0 fully saturated rings. The van der Waals surface area contributed by atoms with E-state index < -0.39 is 6.04 Å². The molecular weight excluding hydrogens is 218 g/mol. The quantitative estimate of drug-likeness (QED) is 0.794. The first-order valence-corrected chi connectivity index (χ1v) is 6.05. The Bertz CT molecular complexity index is 414. The molecule has 0 saturated heterocycles. The number of likely N-dealkylation sites (N-methyl/N-ethyl adjacent to an activating group) is 1. The maximum Gasteiger partial charge on any atom is 0.239 e. The summed E-state index contributed by atoms with van der Waals surface area (Å²) >= 11 is 0. The van der Waals surface area contributed by atoms with Gasteiger partial charge in [-0.3, -0.25) is 4.79 Å². The second-order valence-electron chi connectivity index (χ2n) is 4.50. The third kappa shape index (κ3) is 2.31. The van der Waals surface area contributed by atoms with Crippen LogP contribution in [0.3, 0.4) is 0 Å². The first-order valence-electron chi connectivity index (χ1n) is 6.05. The Hall–Kier alpha value is -1.43. The molecule has 1 aliphatic rings. The van der Waals surface area contributed by atoms with Crippen molar-refractivity contribution in [2.45, 2.75) is 45.3 Å². The minimum atomic E-state index is -0.416. The Morgan fingerprint density at radius 2 is 2.35 bits per heavy atom. The minimum absolute atomic E-state index is 0.0390. The van der Waals surface area contributed by atoms with Gasteiger partial charge in [0, 0.05) is 20.0 Å². The van der Waals surface area contributed by atoms with Crippen LogP contribution in [0.25, 0.3) is 0 Å². The van der Waals surface area contributed by atoms with Crippen LogP contribution >= 0.6 is 0 Å². The lowest BCUT2D eigenvalue weighted by molar-refractivity contribution is -0.132. The number of rotatable bonds is 4. The van der Waals surface area contributed by atoms with Crippen molar-refractivity contribution in [1.29, 1.82) is 0 Å². The summed E-state index contributed by atoms with van der Waals surface area (Å²) in [6.07, 6.45) is 2.75. The number of nitrogens with two attached hydrogens (primary N) is 1. The molecule has 0 bridgehead atoms. The van der Waals surface area contributed by atoms with Crippen molar-refractivity contribution < 1.29 is 4.79 Å². The number of aryl methyl sites for hydroxylation is 1. The lowest BCUT2D eigenvalue weighted by Crippen LogP contribution is -2.41. The lowest BCUT2D eigenvalue weighted by Gasteiger charge is -2.20. The highest BCUT2D eigenvalue weighted by atomic mass is 16.2. The van der Waals surface area contributed by atoms with Crippen molar-refractivity contribution in [3.05, 3.63) is 11.6 Å². The van der Waals surface area contributed by atoms with Crippen LogP contribution in [0.2, 0.25) is 0 Å². The van der Waals surface area contributed by atoms with Gasteiger partial charge in [0.25, 0.3) is 0 Å². The molecule has 0 aromatic carbocycles. The van der Waals surface area contributed by atoms with Gasteiger partial charge in [-0.1, -0.05) is 6.92 Å². The monoisotopic (exact) mass is 237 g/mol. The maximum atomic E-state index is 11.8. The highest BCUT2D eigenvalue weighted by Gasteiger charge is 2.21. The molecule has 1 amide bonds. The molecule has 0 spiro atoms. The van der Waals surface area contributed by atoms with Crippen molar-refractivity contribution in [3.8, 4) is 0 Å². The van der Waals surface area contributed by atoms with E-state index in [1.807, 2.05) is 6.92 Å². The fourth-order valence-electron chi connectivity index (χ4n) is 2.08. The van der Waals surface area contributed by atoms with Crippen molar-refractivity contribution in [2.24, 2.45) is 5.73 Å². The van der Waals surface area contributed by atoms with E-state index in [0.717, 1.165) is 31.0 Å². The van der Waals surface area contributed by atoms with E-state index in [0.29, 0.717) is 13.0 Å². The van der Waals surface area contributed by atoms with Crippen LogP contribution in [0.5, 0.6) is 0 Å². The van der Waals surface area contributed by atoms with Crippen LogP contribution in [0.4, 0.5) is 0 Å². The molecular formula is C11H19N5O. The summed E-state index contributed by atoms with van der Waals surface area (Å²) in [5.41, 5.74) is 5.73. The van der Waals surface area contributed by atoms with Gasteiger partial charge in [0.15, 0.2) is 5.82 Å². The van der Waals surface area contributed by atoms with Crippen LogP contribution < -0.4 is 5.73 Å². The largest absolute Gasteiger partial charge is 0.337 e. The van der Waals surface area contributed by atoms with E-state index >= 15 is 0 Å². The molecule has 17 heavy (non-hydrogen) atoms. The van der Waals surface area contributed by atoms with Crippen LogP contribution in [-0.2, 0) is 24.3 Å². The fourth-order valence-corrected chi connectivity index (χ4v) is 2.08. The SMILES string of the molecule is CC[C@H](N)C(=O)N(C)Cc1nnc2n1CCC2. The molecule has 0 unspecified atom stereocenters. The van der Waals surface area contributed by atoms with E-state index in [-0.39, 0.29) is 5.91 Å². The molecule has 1 aromatic heterocycles. The molecule has 0 radical (unpaired) electrons. The van der Waals surface area contributed by atoms with Crippen molar-refractivity contribution in [3.63, 3.8) is 0 Å². The van der Waals surface area contributed by atoms with E-state index in [2.05, 4.69) is 14.8 Å². The van der Waals surface area contributed by atoms with Gasteiger partial charge in [0.05, 0.1) is 12.6 Å². The predicted molar refractivity (Wildman–Crippen MR) is 63.1 cm³/mol. The number of hydrogen-bond acceptors (Lipinski definition) is 4. The normalized spacial score (nSPS) is 15.7. The van der Waals surface area contributed by atoms with Crippen LogP contribution in [-0.4, -0.2) is 38.7 Å². The molecule has 1 aliphatic heterocycles. The van der Waals surface area contributed by atoms with Crippen LogP contribution in [0.1, 0.15) is 31.4 Å². The van der Waals surface area contributed by atoms with Gasteiger partial charge >= 0.3 is 0 Å². The third-order valence-electron chi connectivity index (χ3n) is 3.20. The number of aromatic nitrogens is 3. The van der Waals surface area contributed by atoms with Gasteiger partial charge in [0.1, 0.15) is 5.82 Å². The molecule has 2 N–H and O–H groups in total. The Morgan fingerprint density at radius 3 is 3.06 bits per heavy atom. The van der Waals surface area contributed by atoms with E-state index in [4.69, 9.17) is 5.73 Å². The number of fused-ring (bicyclic) bond motifs is 1. The summed E-state index contributed by atoms with van der Waals surface area (Å²) in [6.45, 7) is 3.35. The molecule has 0 aliphatic carbocycles. The molecule has 1 atom stereocenters. The number of amides is 1. The number of nitrogens with zero attached hydrogens (tertiary/aromatic N) is 4. The summed E-state index contributed by atoms with van der Waals surface area (Å²) < 4.78 is 2.10. The first kappa shape index (κ1) is 12.0.